The molecular formula is C15H22N2O2. The number of hydrogen-bond acceptors (Lipinski definition) is 2. The Balaban J connectivity index is 2.05. The van der Waals surface area contributed by atoms with Crippen LogP contribution < -0.4 is 0 Å². The predicted molar refractivity (Wildman–Crippen MR) is 75.2 cm³/mol. The van der Waals surface area contributed by atoms with Gasteiger partial charge in [-0.05, 0) is 17.5 Å². The predicted octanol–water partition coefficient (Wildman–Crippen LogP) is 2.30. The summed E-state index contributed by atoms with van der Waals surface area (Å²) in [7, 11) is 3.56. The van der Waals surface area contributed by atoms with Gasteiger partial charge in [-0.25, -0.2) is 4.79 Å². The van der Waals surface area contributed by atoms with Crippen LogP contribution in [-0.2, 0) is 11.2 Å². The van der Waals surface area contributed by atoms with Crippen molar-refractivity contribution < 1.29 is 9.53 Å². The van der Waals surface area contributed by atoms with E-state index in [2.05, 4.69) is 31.2 Å². The minimum atomic E-state index is -0.0106. The first-order valence-electron chi connectivity index (χ1n) is 6.78. The van der Waals surface area contributed by atoms with Gasteiger partial charge in [0.05, 0.1) is 13.2 Å². The highest BCUT2D eigenvalue weighted by molar-refractivity contribution is 5.74. The summed E-state index contributed by atoms with van der Waals surface area (Å²) >= 11 is 0. The number of aryl methyl sites for hydroxylation is 1. The standard InChI is InChI=1S/C15H22N2O2/c1-4-12-5-7-13(8-6-12)14-11-17(9-10-19-14)15(18)16(2)3/h5-8,14H,4,9-11H2,1-3H3. The SMILES string of the molecule is CCc1ccc(C2CN(C(=O)N(C)C)CCO2)cc1. The number of hydrogen-bond donors (Lipinski definition) is 0. The molecule has 1 atom stereocenters. The molecule has 0 aliphatic carbocycles. The number of nitrogens with zero attached hydrogens (tertiary/aromatic N) is 2. The van der Waals surface area contributed by atoms with Crippen LogP contribution in [0.3, 0.4) is 0 Å². The van der Waals surface area contributed by atoms with E-state index in [0.29, 0.717) is 19.7 Å². The third-order valence-electron chi connectivity index (χ3n) is 3.48. The highest BCUT2D eigenvalue weighted by Gasteiger charge is 2.26. The summed E-state index contributed by atoms with van der Waals surface area (Å²) in [6.45, 7) is 4.03. The molecule has 1 heterocycles. The van der Waals surface area contributed by atoms with Gasteiger partial charge in [0.25, 0.3) is 0 Å². The van der Waals surface area contributed by atoms with Crippen molar-refractivity contribution in [3.8, 4) is 0 Å². The third kappa shape index (κ3) is 3.26. The Hall–Kier alpha value is -1.55. The van der Waals surface area contributed by atoms with Crippen LogP contribution in [0.4, 0.5) is 4.79 Å². The molecule has 1 aliphatic heterocycles. The van der Waals surface area contributed by atoms with Crippen molar-refractivity contribution in [1.29, 1.82) is 0 Å². The zero-order valence-corrected chi connectivity index (χ0v) is 11.9. The zero-order valence-electron chi connectivity index (χ0n) is 11.9. The first-order valence-corrected chi connectivity index (χ1v) is 6.78. The number of benzene rings is 1. The summed E-state index contributed by atoms with van der Waals surface area (Å²) in [5.41, 5.74) is 2.47. The van der Waals surface area contributed by atoms with Crippen LogP contribution in [0.5, 0.6) is 0 Å². The van der Waals surface area contributed by atoms with E-state index in [-0.39, 0.29) is 12.1 Å². The monoisotopic (exact) mass is 262 g/mol. The lowest BCUT2D eigenvalue weighted by atomic mass is 10.0. The molecule has 0 radical (unpaired) electrons. The molecule has 2 amide bonds. The van der Waals surface area contributed by atoms with Gasteiger partial charge in [0.2, 0.25) is 0 Å². The number of morpholine rings is 1. The van der Waals surface area contributed by atoms with Crippen molar-refractivity contribution in [1.82, 2.24) is 9.80 Å². The van der Waals surface area contributed by atoms with E-state index in [0.717, 1.165) is 12.0 Å². The number of urea groups is 1. The molecule has 1 fully saturated rings. The zero-order chi connectivity index (χ0) is 13.8. The van der Waals surface area contributed by atoms with Gasteiger partial charge in [-0.15, -0.1) is 0 Å². The van der Waals surface area contributed by atoms with Crippen molar-refractivity contribution >= 4 is 6.03 Å². The van der Waals surface area contributed by atoms with Crippen molar-refractivity contribution in [2.75, 3.05) is 33.8 Å². The molecule has 0 bridgehead atoms. The lowest BCUT2D eigenvalue weighted by Gasteiger charge is -2.34. The number of rotatable bonds is 2. The molecule has 1 unspecified atom stereocenters. The fourth-order valence-electron chi connectivity index (χ4n) is 2.28. The molecule has 1 aliphatic rings. The molecular weight excluding hydrogens is 240 g/mol. The fourth-order valence-corrected chi connectivity index (χ4v) is 2.28. The van der Waals surface area contributed by atoms with Crippen LogP contribution >= 0.6 is 0 Å². The molecule has 104 valence electrons. The second-order valence-electron chi connectivity index (χ2n) is 5.08. The van der Waals surface area contributed by atoms with Crippen LogP contribution in [0.25, 0.3) is 0 Å². The van der Waals surface area contributed by atoms with Crippen LogP contribution in [0, 0.1) is 0 Å². The summed E-state index contributed by atoms with van der Waals surface area (Å²) in [4.78, 5) is 15.4. The van der Waals surface area contributed by atoms with Gasteiger partial charge in [0.1, 0.15) is 6.10 Å². The quantitative estimate of drug-likeness (QED) is 0.819. The molecule has 1 aromatic carbocycles. The van der Waals surface area contributed by atoms with E-state index in [9.17, 15) is 4.79 Å². The summed E-state index contributed by atoms with van der Waals surface area (Å²) in [5, 5.41) is 0. The van der Waals surface area contributed by atoms with E-state index in [4.69, 9.17) is 4.74 Å². The van der Waals surface area contributed by atoms with E-state index in [1.54, 1.807) is 19.0 Å². The molecule has 4 heteroatoms. The summed E-state index contributed by atoms with van der Waals surface area (Å²) in [6, 6.07) is 8.52. The summed E-state index contributed by atoms with van der Waals surface area (Å²) in [6.07, 6.45) is 1.03. The smallest absolute Gasteiger partial charge is 0.319 e. The minimum Gasteiger partial charge on any atom is -0.370 e. The Bertz CT molecular complexity index is 428. The molecule has 1 aromatic rings. The maximum absolute atomic E-state index is 12.0. The van der Waals surface area contributed by atoms with Crippen LogP contribution in [0.2, 0.25) is 0 Å². The number of amides is 2. The Morgan fingerprint density at radius 3 is 2.63 bits per heavy atom. The highest BCUT2D eigenvalue weighted by atomic mass is 16.5. The Labute approximate surface area is 115 Å². The first-order chi connectivity index (χ1) is 9.11. The fraction of sp³-hybridized carbons (Fsp3) is 0.533. The van der Waals surface area contributed by atoms with Crippen molar-refractivity contribution in [2.24, 2.45) is 0 Å². The van der Waals surface area contributed by atoms with Crippen molar-refractivity contribution in [3.05, 3.63) is 35.4 Å². The normalized spacial score (nSPS) is 19.3. The molecule has 0 spiro atoms. The van der Waals surface area contributed by atoms with Crippen molar-refractivity contribution in [3.63, 3.8) is 0 Å². The topological polar surface area (TPSA) is 32.8 Å². The van der Waals surface area contributed by atoms with E-state index in [1.165, 1.54) is 5.56 Å². The van der Waals surface area contributed by atoms with Gasteiger partial charge in [0.15, 0.2) is 0 Å². The van der Waals surface area contributed by atoms with Crippen LogP contribution in [0.1, 0.15) is 24.2 Å². The highest BCUT2D eigenvalue weighted by Crippen LogP contribution is 2.23. The lowest BCUT2D eigenvalue weighted by Crippen LogP contribution is -2.46. The summed E-state index contributed by atoms with van der Waals surface area (Å²) in [5.74, 6) is 0. The minimum absolute atomic E-state index is 0.0106. The molecule has 0 saturated carbocycles. The van der Waals surface area contributed by atoms with Gasteiger partial charge in [-0.3, -0.25) is 0 Å². The third-order valence-corrected chi connectivity index (χ3v) is 3.48. The Morgan fingerprint density at radius 1 is 1.37 bits per heavy atom. The molecule has 4 nitrogen and oxygen atoms in total. The molecule has 1 saturated heterocycles. The van der Waals surface area contributed by atoms with E-state index in [1.807, 2.05) is 4.90 Å². The molecule has 19 heavy (non-hydrogen) atoms. The molecule has 0 N–H and O–H groups in total. The maximum atomic E-state index is 12.0. The van der Waals surface area contributed by atoms with Gasteiger partial charge < -0.3 is 14.5 Å². The number of ether oxygens (including phenoxy) is 1. The van der Waals surface area contributed by atoms with E-state index >= 15 is 0 Å². The van der Waals surface area contributed by atoms with Gasteiger partial charge in [-0.1, -0.05) is 31.2 Å². The van der Waals surface area contributed by atoms with Gasteiger partial charge >= 0.3 is 6.03 Å². The average molecular weight is 262 g/mol. The van der Waals surface area contributed by atoms with Crippen LogP contribution in [-0.4, -0.2) is 49.6 Å². The van der Waals surface area contributed by atoms with Gasteiger partial charge in [-0.2, -0.15) is 0 Å². The van der Waals surface area contributed by atoms with Gasteiger partial charge in [0, 0.05) is 20.6 Å². The first kappa shape index (κ1) is 13.9. The molecule has 2 rings (SSSR count). The van der Waals surface area contributed by atoms with Crippen molar-refractivity contribution in [2.45, 2.75) is 19.4 Å². The van der Waals surface area contributed by atoms with E-state index < -0.39 is 0 Å². The van der Waals surface area contributed by atoms with Crippen LogP contribution in [0.15, 0.2) is 24.3 Å². The lowest BCUT2D eigenvalue weighted by molar-refractivity contribution is -0.0188. The Kier molecular flexibility index (Phi) is 4.43. The number of carbonyl (C=O) groups excluding carboxylic acids is 1. The maximum Gasteiger partial charge on any atom is 0.319 e. The number of carbonyl (C=O) groups is 1. The summed E-state index contributed by atoms with van der Waals surface area (Å²) < 4.78 is 5.79. The Morgan fingerprint density at radius 2 is 2.05 bits per heavy atom. The second kappa shape index (κ2) is 6.06. The largest absolute Gasteiger partial charge is 0.370 e. The second-order valence-corrected chi connectivity index (χ2v) is 5.08. The average Bonchev–Trinajstić information content (AvgIpc) is 2.46. The molecule has 0 aromatic heterocycles.